The second-order valence-corrected chi connectivity index (χ2v) is 6.82. The summed E-state index contributed by atoms with van der Waals surface area (Å²) >= 11 is 7.22. The van der Waals surface area contributed by atoms with E-state index in [0.29, 0.717) is 20.6 Å². The van der Waals surface area contributed by atoms with E-state index < -0.39 is 11.4 Å². The van der Waals surface area contributed by atoms with Gasteiger partial charge in [-0.2, -0.15) is 0 Å². The monoisotopic (exact) mass is 337 g/mol. The molecule has 0 saturated heterocycles. The standard InChI is InChI=1S/C15H16ClN3O2S/c1-8-11(12(20)19-15(2,3)14(17)21)22-13(18-8)9-5-4-6-10(16)7-9/h4-7H,1-3H3,(H2,17,21)(H,19,20). The summed E-state index contributed by atoms with van der Waals surface area (Å²) in [6.45, 7) is 4.86. The zero-order valence-corrected chi connectivity index (χ0v) is 14.0. The maximum Gasteiger partial charge on any atom is 0.264 e. The van der Waals surface area contributed by atoms with Gasteiger partial charge in [0.1, 0.15) is 15.4 Å². The molecule has 2 aromatic rings. The van der Waals surface area contributed by atoms with Crippen LogP contribution in [0.4, 0.5) is 0 Å². The second-order valence-electron chi connectivity index (χ2n) is 5.39. The predicted octanol–water partition coefficient (Wildman–Crippen LogP) is 2.77. The molecule has 3 N–H and O–H groups in total. The minimum absolute atomic E-state index is 0.368. The van der Waals surface area contributed by atoms with Crippen LogP contribution >= 0.6 is 22.9 Å². The molecule has 116 valence electrons. The predicted molar refractivity (Wildman–Crippen MR) is 88.0 cm³/mol. The number of thiazole rings is 1. The first kappa shape index (κ1) is 16.5. The Hall–Kier alpha value is -1.92. The SMILES string of the molecule is Cc1nc(-c2cccc(Cl)c2)sc1C(=O)NC(C)(C)C(N)=O. The van der Waals surface area contributed by atoms with Gasteiger partial charge in [-0.1, -0.05) is 23.7 Å². The number of benzene rings is 1. The van der Waals surface area contributed by atoms with Crippen molar-refractivity contribution in [3.8, 4) is 10.6 Å². The summed E-state index contributed by atoms with van der Waals surface area (Å²) in [6, 6.07) is 7.26. The molecule has 0 aliphatic rings. The topological polar surface area (TPSA) is 85.1 Å². The molecule has 0 spiro atoms. The number of nitrogens with zero attached hydrogens (tertiary/aromatic N) is 1. The summed E-state index contributed by atoms with van der Waals surface area (Å²) in [6.07, 6.45) is 0. The molecule has 1 aromatic heterocycles. The highest BCUT2D eigenvalue weighted by molar-refractivity contribution is 7.17. The first-order valence-corrected chi connectivity index (χ1v) is 7.76. The molecule has 5 nitrogen and oxygen atoms in total. The fourth-order valence-electron chi connectivity index (χ4n) is 1.75. The Balaban J connectivity index is 2.31. The Bertz CT molecular complexity index is 740. The Morgan fingerprint density at radius 3 is 2.64 bits per heavy atom. The van der Waals surface area contributed by atoms with Crippen LogP contribution in [-0.4, -0.2) is 22.3 Å². The number of amides is 2. The number of carbonyl (C=O) groups is 2. The molecular weight excluding hydrogens is 322 g/mol. The van der Waals surface area contributed by atoms with Crippen molar-refractivity contribution in [2.24, 2.45) is 5.73 Å². The van der Waals surface area contributed by atoms with Crippen LogP contribution in [-0.2, 0) is 4.79 Å². The van der Waals surface area contributed by atoms with Crippen LogP contribution in [0.2, 0.25) is 5.02 Å². The third-order valence-electron chi connectivity index (χ3n) is 3.12. The number of halogens is 1. The van der Waals surface area contributed by atoms with Gasteiger partial charge in [0.25, 0.3) is 5.91 Å². The average molecular weight is 338 g/mol. The smallest absolute Gasteiger partial charge is 0.264 e. The van der Waals surface area contributed by atoms with Crippen molar-refractivity contribution in [3.05, 3.63) is 39.9 Å². The fourth-order valence-corrected chi connectivity index (χ4v) is 2.90. The van der Waals surface area contributed by atoms with E-state index in [9.17, 15) is 9.59 Å². The second kappa shape index (κ2) is 6.06. The van der Waals surface area contributed by atoms with Crippen LogP contribution < -0.4 is 11.1 Å². The lowest BCUT2D eigenvalue weighted by Crippen LogP contribution is -2.52. The van der Waals surface area contributed by atoms with E-state index in [2.05, 4.69) is 10.3 Å². The highest BCUT2D eigenvalue weighted by Gasteiger charge is 2.29. The van der Waals surface area contributed by atoms with Crippen LogP contribution in [0.25, 0.3) is 10.6 Å². The number of hydrogen-bond acceptors (Lipinski definition) is 4. The number of primary amides is 1. The van der Waals surface area contributed by atoms with Crippen LogP contribution in [0.5, 0.6) is 0 Å². The lowest BCUT2D eigenvalue weighted by Gasteiger charge is -2.21. The van der Waals surface area contributed by atoms with Crippen LogP contribution in [0, 0.1) is 6.92 Å². The molecule has 0 saturated carbocycles. The molecule has 0 atom stereocenters. The summed E-state index contributed by atoms with van der Waals surface area (Å²) in [7, 11) is 0. The largest absolute Gasteiger partial charge is 0.368 e. The van der Waals surface area contributed by atoms with Gasteiger partial charge < -0.3 is 11.1 Å². The first-order chi connectivity index (χ1) is 10.2. The molecule has 2 amide bonds. The van der Waals surface area contributed by atoms with Crippen molar-refractivity contribution in [2.75, 3.05) is 0 Å². The lowest BCUT2D eigenvalue weighted by molar-refractivity contribution is -0.122. The van der Waals surface area contributed by atoms with Gasteiger partial charge in [-0.25, -0.2) is 4.98 Å². The van der Waals surface area contributed by atoms with E-state index >= 15 is 0 Å². The maximum absolute atomic E-state index is 12.3. The van der Waals surface area contributed by atoms with Gasteiger partial charge >= 0.3 is 0 Å². The third kappa shape index (κ3) is 3.45. The van der Waals surface area contributed by atoms with Gasteiger partial charge in [-0.3, -0.25) is 9.59 Å². The highest BCUT2D eigenvalue weighted by Crippen LogP contribution is 2.29. The highest BCUT2D eigenvalue weighted by atomic mass is 35.5. The summed E-state index contributed by atoms with van der Waals surface area (Å²) in [4.78, 5) is 28.5. The van der Waals surface area contributed by atoms with Gasteiger partial charge in [0, 0.05) is 10.6 Å². The summed E-state index contributed by atoms with van der Waals surface area (Å²) < 4.78 is 0. The van der Waals surface area contributed by atoms with E-state index in [0.717, 1.165) is 5.56 Å². The van der Waals surface area contributed by atoms with E-state index in [1.54, 1.807) is 32.9 Å². The molecule has 0 aliphatic carbocycles. The van der Waals surface area contributed by atoms with Gasteiger partial charge in [-0.15, -0.1) is 11.3 Å². The lowest BCUT2D eigenvalue weighted by atomic mass is 10.1. The van der Waals surface area contributed by atoms with Gasteiger partial charge in [0.2, 0.25) is 5.91 Å². The minimum Gasteiger partial charge on any atom is -0.368 e. The maximum atomic E-state index is 12.3. The Morgan fingerprint density at radius 1 is 1.36 bits per heavy atom. The molecule has 1 heterocycles. The molecule has 0 unspecified atom stereocenters. The van der Waals surface area contributed by atoms with Crippen LogP contribution in [0.3, 0.4) is 0 Å². The van der Waals surface area contributed by atoms with Crippen LogP contribution in [0.15, 0.2) is 24.3 Å². The number of hydrogen-bond donors (Lipinski definition) is 2. The summed E-state index contributed by atoms with van der Waals surface area (Å²) in [5, 5.41) is 3.92. The van der Waals surface area contributed by atoms with Gasteiger partial charge in [-0.05, 0) is 32.9 Å². The quantitative estimate of drug-likeness (QED) is 0.899. The molecule has 0 aliphatic heterocycles. The molecule has 7 heteroatoms. The fraction of sp³-hybridized carbons (Fsp3) is 0.267. The van der Waals surface area contributed by atoms with Crippen molar-refractivity contribution in [3.63, 3.8) is 0 Å². The van der Waals surface area contributed by atoms with Crippen molar-refractivity contribution < 1.29 is 9.59 Å². The number of nitrogens with two attached hydrogens (primary N) is 1. The van der Waals surface area contributed by atoms with E-state index in [1.807, 2.05) is 12.1 Å². The number of aromatic nitrogens is 1. The number of carbonyl (C=O) groups excluding carboxylic acids is 2. The average Bonchev–Trinajstić information content (AvgIpc) is 2.80. The molecule has 22 heavy (non-hydrogen) atoms. The molecular formula is C15H16ClN3O2S. The third-order valence-corrected chi connectivity index (χ3v) is 4.56. The van der Waals surface area contributed by atoms with Gasteiger partial charge in [0.05, 0.1) is 5.69 Å². The van der Waals surface area contributed by atoms with Crippen LogP contribution in [0.1, 0.15) is 29.2 Å². The van der Waals surface area contributed by atoms with Crippen molar-refractivity contribution in [1.29, 1.82) is 0 Å². The molecule has 1 aromatic carbocycles. The number of aryl methyl sites for hydroxylation is 1. The summed E-state index contributed by atoms with van der Waals surface area (Å²) in [5.41, 5.74) is 5.58. The molecule has 0 bridgehead atoms. The Morgan fingerprint density at radius 2 is 2.05 bits per heavy atom. The molecule has 2 rings (SSSR count). The number of nitrogens with one attached hydrogen (secondary N) is 1. The van der Waals surface area contributed by atoms with Crippen molar-refractivity contribution in [1.82, 2.24) is 10.3 Å². The first-order valence-electron chi connectivity index (χ1n) is 6.56. The van der Waals surface area contributed by atoms with E-state index in [1.165, 1.54) is 11.3 Å². The Labute approximate surface area is 137 Å². The minimum atomic E-state index is -1.12. The van der Waals surface area contributed by atoms with E-state index in [-0.39, 0.29) is 5.91 Å². The zero-order valence-electron chi connectivity index (χ0n) is 12.4. The Kier molecular flexibility index (Phi) is 4.53. The van der Waals surface area contributed by atoms with Crippen molar-refractivity contribution in [2.45, 2.75) is 26.3 Å². The van der Waals surface area contributed by atoms with Gasteiger partial charge in [0.15, 0.2) is 0 Å². The van der Waals surface area contributed by atoms with E-state index in [4.69, 9.17) is 17.3 Å². The number of rotatable bonds is 4. The zero-order chi connectivity index (χ0) is 16.5. The molecule has 0 radical (unpaired) electrons. The van der Waals surface area contributed by atoms with Crippen molar-refractivity contribution >= 4 is 34.8 Å². The molecule has 0 fully saturated rings. The summed E-state index contributed by atoms with van der Waals surface area (Å²) in [5.74, 6) is -0.967. The normalized spacial score (nSPS) is 11.3.